The van der Waals surface area contributed by atoms with Crippen molar-refractivity contribution in [1.82, 2.24) is 5.32 Å². The maximum Gasteiger partial charge on any atom is 0.224 e. The lowest BCUT2D eigenvalue weighted by Crippen LogP contribution is -2.30. The Kier molecular flexibility index (Phi) is 6.63. The topological polar surface area (TPSA) is 38.3 Å². The molecule has 0 radical (unpaired) electrons. The van der Waals surface area contributed by atoms with Crippen molar-refractivity contribution >= 4 is 5.91 Å². The minimum atomic E-state index is 0.0185. The van der Waals surface area contributed by atoms with E-state index in [0.717, 1.165) is 23.3 Å². The average molecular weight is 339 g/mol. The molecular weight excluding hydrogens is 310 g/mol. The van der Waals surface area contributed by atoms with Crippen molar-refractivity contribution in [3.8, 4) is 5.75 Å². The van der Waals surface area contributed by atoms with Gasteiger partial charge in [0, 0.05) is 0 Å². The fourth-order valence-electron chi connectivity index (χ4n) is 2.93. The second-order valence-corrected chi connectivity index (χ2v) is 7.12. The van der Waals surface area contributed by atoms with E-state index >= 15 is 0 Å². The fraction of sp³-hybridized carbons (Fsp3) is 0.409. The van der Waals surface area contributed by atoms with E-state index in [1.165, 1.54) is 11.1 Å². The number of hydrogen-bond acceptors (Lipinski definition) is 2. The van der Waals surface area contributed by atoms with Crippen LogP contribution >= 0.6 is 0 Å². The third-order valence-corrected chi connectivity index (χ3v) is 4.50. The predicted molar refractivity (Wildman–Crippen MR) is 103 cm³/mol. The summed E-state index contributed by atoms with van der Waals surface area (Å²) < 4.78 is 5.22. The van der Waals surface area contributed by atoms with Crippen molar-refractivity contribution in [3.05, 3.63) is 64.7 Å². The summed E-state index contributed by atoms with van der Waals surface area (Å²) in [5, 5.41) is 3.20. The van der Waals surface area contributed by atoms with Gasteiger partial charge in [0.1, 0.15) is 5.75 Å². The van der Waals surface area contributed by atoms with Gasteiger partial charge in [-0.15, -0.1) is 0 Å². The van der Waals surface area contributed by atoms with Gasteiger partial charge in [0.2, 0.25) is 5.91 Å². The second-order valence-electron chi connectivity index (χ2n) is 7.12. The lowest BCUT2D eigenvalue weighted by Gasteiger charge is -2.21. The molecule has 1 N–H and O–H groups in total. The predicted octanol–water partition coefficient (Wildman–Crippen LogP) is 4.76. The highest BCUT2D eigenvalue weighted by molar-refractivity contribution is 5.79. The van der Waals surface area contributed by atoms with Gasteiger partial charge in [-0.05, 0) is 60.6 Å². The standard InChI is InChI=1S/C22H29NO2/c1-15(2)12-21(19-8-10-20(25-5)11-9-19)23-22(24)14-18-7-6-16(3)17(4)13-18/h6-11,13,15,21H,12,14H2,1-5H3,(H,23,24)/t21-/m0/s1. The van der Waals surface area contributed by atoms with Crippen molar-refractivity contribution < 1.29 is 9.53 Å². The number of carbonyl (C=O) groups excluding carboxylic acids is 1. The number of aryl methyl sites for hydroxylation is 2. The number of methoxy groups -OCH3 is 1. The molecule has 0 aliphatic carbocycles. The molecule has 2 aromatic rings. The molecule has 0 bridgehead atoms. The molecule has 2 rings (SSSR count). The molecule has 0 unspecified atom stereocenters. The van der Waals surface area contributed by atoms with Gasteiger partial charge in [0.15, 0.2) is 0 Å². The summed E-state index contributed by atoms with van der Waals surface area (Å²) in [5.74, 6) is 1.38. The van der Waals surface area contributed by atoms with E-state index in [4.69, 9.17) is 4.74 Å². The van der Waals surface area contributed by atoms with Gasteiger partial charge in [-0.3, -0.25) is 4.79 Å². The van der Waals surface area contributed by atoms with Crippen LogP contribution in [0.5, 0.6) is 5.75 Å². The summed E-state index contributed by atoms with van der Waals surface area (Å²) in [4.78, 5) is 12.6. The Labute approximate surface area is 151 Å². The highest BCUT2D eigenvalue weighted by Crippen LogP contribution is 2.24. The van der Waals surface area contributed by atoms with Gasteiger partial charge in [0.25, 0.3) is 0 Å². The lowest BCUT2D eigenvalue weighted by molar-refractivity contribution is -0.121. The van der Waals surface area contributed by atoms with Crippen LogP contribution in [-0.2, 0) is 11.2 Å². The Bertz CT molecular complexity index is 704. The Morgan fingerprint density at radius 2 is 1.72 bits per heavy atom. The zero-order valence-electron chi connectivity index (χ0n) is 15.9. The van der Waals surface area contributed by atoms with Crippen molar-refractivity contribution in [3.63, 3.8) is 0 Å². The summed E-state index contributed by atoms with van der Waals surface area (Å²) in [7, 11) is 1.66. The fourth-order valence-corrected chi connectivity index (χ4v) is 2.93. The van der Waals surface area contributed by atoms with Gasteiger partial charge in [-0.25, -0.2) is 0 Å². The Morgan fingerprint density at radius 1 is 1.04 bits per heavy atom. The van der Waals surface area contributed by atoms with Gasteiger partial charge >= 0.3 is 0 Å². The van der Waals surface area contributed by atoms with Crippen LogP contribution in [0.15, 0.2) is 42.5 Å². The number of amides is 1. The molecule has 0 spiro atoms. The first kappa shape index (κ1) is 19.0. The summed E-state index contributed by atoms with van der Waals surface area (Å²) in [6, 6.07) is 14.2. The lowest BCUT2D eigenvalue weighted by atomic mass is 9.96. The van der Waals surface area contributed by atoms with Gasteiger partial charge in [-0.1, -0.05) is 44.2 Å². The molecule has 0 saturated carbocycles. The van der Waals surface area contributed by atoms with Crippen LogP contribution in [0.4, 0.5) is 0 Å². The first-order chi connectivity index (χ1) is 11.9. The number of nitrogens with one attached hydrogen (secondary N) is 1. The van der Waals surface area contributed by atoms with E-state index in [-0.39, 0.29) is 11.9 Å². The molecule has 1 amide bonds. The van der Waals surface area contributed by atoms with Gasteiger partial charge in [0.05, 0.1) is 19.6 Å². The van der Waals surface area contributed by atoms with E-state index in [1.807, 2.05) is 30.3 Å². The SMILES string of the molecule is COc1ccc([C@H](CC(C)C)NC(=O)Cc2ccc(C)c(C)c2)cc1. The average Bonchev–Trinajstić information content (AvgIpc) is 2.57. The molecular formula is C22H29NO2. The van der Waals surface area contributed by atoms with E-state index in [1.54, 1.807) is 7.11 Å². The van der Waals surface area contributed by atoms with E-state index in [9.17, 15) is 4.79 Å². The molecule has 2 aromatic carbocycles. The van der Waals surface area contributed by atoms with Crippen LogP contribution < -0.4 is 10.1 Å². The highest BCUT2D eigenvalue weighted by atomic mass is 16.5. The van der Waals surface area contributed by atoms with Crippen molar-refractivity contribution in [2.75, 3.05) is 7.11 Å². The van der Waals surface area contributed by atoms with E-state index in [0.29, 0.717) is 12.3 Å². The monoisotopic (exact) mass is 339 g/mol. The van der Waals surface area contributed by atoms with Gasteiger partial charge < -0.3 is 10.1 Å². The summed E-state index contributed by atoms with van der Waals surface area (Å²) in [6.07, 6.45) is 1.32. The Balaban J connectivity index is 2.09. The summed E-state index contributed by atoms with van der Waals surface area (Å²) in [6.45, 7) is 8.51. The molecule has 0 aromatic heterocycles. The van der Waals surface area contributed by atoms with Crippen LogP contribution in [0.25, 0.3) is 0 Å². The number of benzene rings is 2. The molecule has 0 fully saturated rings. The molecule has 1 atom stereocenters. The van der Waals surface area contributed by atoms with E-state index in [2.05, 4.69) is 45.1 Å². The van der Waals surface area contributed by atoms with Crippen molar-refractivity contribution in [1.29, 1.82) is 0 Å². The Hall–Kier alpha value is -2.29. The smallest absolute Gasteiger partial charge is 0.224 e. The quantitative estimate of drug-likeness (QED) is 0.790. The largest absolute Gasteiger partial charge is 0.497 e. The number of carbonyl (C=O) groups is 1. The number of hydrogen-bond donors (Lipinski definition) is 1. The molecule has 25 heavy (non-hydrogen) atoms. The van der Waals surface area contributed by atoms with Crippen molar-refractivity contribution in [2.24, 2.45) is 5.92 Å². The molecule has 3 nitrogen and oxygen atoms in total. The van der Waals surface area contributed by atoms with Crippen LogP contribution in [-0.4, -0.2) is 13.0 Å². The molecule has 0 heterocycles. The second kappa shape index (κ2) is 8.70. The number of rotatable bonds is 7. The van der Waals surface area contributed by atoms with Crippen LogP contribution in [0, 0.1) is 19.8 Å². The van der Waals surface area contributed by atoms with Crippen LogP contribution in [0.2, 0.25) is 0 Å². The molecule has 0 saturated heterocycles. The summed E-state index contributed by atoms with van der Waals surface area (Å²) >= 11 is 0. The molecule has 134 valence electrons. The van der Waals surface area contributed by atoms with Crippen LogP contribution in [0.1, 0.15) is 48.6 Å². The molecule has 0 aliphatic rings. The van der Waals surface area contributed by atoms with Gasteiger partial charge in [-0.2, -0.15) is 0 Å². The zero-order valence-corrected chi connectivity index (χ0v) is 15.9. The first-order valence-corrected chi connectivity index (χ1v) is 8.88. The van der Waals surface area contributed by atoms with E-state index < -0.39 is 0 Å². The van der Waals surface area contributed by atoms with Crippen molar-refractivity contribution in [2.45, 2.75) is 46.6 Å². The number of ether oxygens (including phenoxy) is 1. The third-order valence-electron chi connectivity index (χ3n) is 4.50. The normalized spacial score (nSPS) is 12.1. The summed E-state index contributed by atoms with van der Waals surface area (Å²) in [5.41, 5.74) is 4.64. The minimum Gasteiger partial charge on any atom is -0.497 e. The highest BCUT2D eigenvalue weighted by Gasteiger charge is 2.16. The Morgan fingerprint density at radius 3 is 2.28 bits per heavy atom. The minimum absolute atomic E-state index is 0.0185. The third kappa shape index (κ3) is 5.63. The zero-order chi connectivity index (χ0) is 18.4. The first-order valence-electron chi connectivity index (χ1n) is 8.88. The van der Waals surface area contributed by atoms with Crippen LogP contribution in [0.3, 0.4) is 0 Å². The molecule has 3 heteroatoms. The maximum absolute atomic E-state index is 12.6. The maximum atomic E-state index is 12.6. The molecule has 0 aliphatic heterocycles.